The molecule has 0 aliphatic heterocycles. The summed E-state index contributed by atoms with van der Waals surface area (Å²) in [6, 6.07) is 0. The summed E-state index contributed by atoms with van der Waals surface area (Å²) in [7, 11) is 1.19. The number of carboxylic acid groups (broad SMARTS) is 1. The zero-order valence-corrected chi connectivity index (χ0v) is 6.74. The zero-order chi connectivity index (χ0) is 9.35. The molecule has 1 saturated carbocycles. The molecule has 12 heavy (non-hydrogen) atoms. The molecular weight excluding hydrogens is 160 g/mol. The van der Waals surface area contributed by atoms with Crippen LogP contribution in [-0.2, 0) is 14.3 Å². The van der Waals surface area contributed by atoms with E-state index in [1.807, 2.05) is 0 Å². The Morgan fingerprint density at radius 3 is 2.58 bits per heavy atom. The number of methoxy groups -OCH3 is 1. The molecule has 0 bridgehead atoms. The van der Waals surface area contributed by atoms with Gasteiger partial charge >= 0.3 is 11.9 Å². The van der Waals surface area contributed by atoms with Crippen molar-refractivity contribution in [2.24, 2.45) is 11.3 Å². The first-order valence-electron chi connectivity index (χ1n) is 3.54. The molecule has 0 saturated heterocycles. The second-order valence-corrected chi connectivity index (χ2v) is 2.81. The first kappa shape index (κ1) is 8.77. The summed E-state index contributed by atoms with van der Waals surface area (Å²) in [6.07, 6.45) is 1.78. The van der Waals surface area contributed by atoms with E-state index in [4.69, 9.17) is 5.11 Å². The lowest BCUT2D eigenvalue weighted by molar-refractivity contribution is -0.159. The van der Waals surface area contributed by atoms with E-state index in [2.05, 4.69) is 11.3 Å². The fourth-order valence-electron chi connectivity index (χ4n) is 1.32. The molecule has 66 valence electrons. The molecule has 4 heteroatoms. The maximum atomic E-state index is 11.1. The molecule has 0 aromatic heterocycles. The predicted octanol–water partition coefficient (Wildman–Crippen LogP) is 0.436. The molecular formula is C8H10O4. The highest BCUT2D eigenvalue weighted by Crippen LogP contribution is 2.54. The Kier molecular flexibility index (Phi) is 1.92. The highest BCUT2D eigenvalue weighted by Gasteiger charge is 2.66. The van der Waals surface area contributed by atoms with Gasteiger partial charge in [0.25, 0.3) is 0 Å². The van der Waals surface area contributed by atoms with Gasteiger partial charge in [0.15, 0.2) is 5.41 Å². The zero-order valence-electron chi connectivity index (χ0n) is 6.74. The number of hydrogen-bond donors (Lipinski definition) is 1. The lowest BCUT2D eigenvalue weighted by atomic mass is 10.1. The molecule has 0 radical (unpaired) electrons. The van der Waals surface area contributed by atoms with Crippen molar-refractivity contribution in [3.8, 4) is 0 Å². The molecule has 0 aromatic rings. The smallest absolute Gasteiger partial charge is 0.323 e. The van der Waals surface area contributed by atoms with E-state index in [0.717, 1.165) is 0 Å². The van der Waals surface area contributed by atoms with Crippen LogP contribution in [0.1, 0.15) is 6.42 Å². The second kappa shape index (κ2) is 2.62. The molecule has 0 amide bonds. The van der Waals surface area contributed by atoms with Crippen molar-refractivity contribution in [2.45, 2.75) is 6.42 Å². The third-order valence-electron chi connectivity index (χ3n) is 2.23. The van der Waals surface area contributed by atoms with Crippen LogP contribution in [0.2, 0.25) is 0 Å². The third kappa shape index (κ3) is 0.913. The topological polar surface area (TPSA) is 63.6 Å². The number of carbonyl (C=O) groups excluding carboxylic acids is 1. The lowest BCUT2D eigenvalue weighted by Gasteiger charge is -2.06. The van der Waals surface area contributed by atoms with Crippen LogP contribution in [-0.4, -0.2) is 24.2 Å². The fraction of sp³-hybridized carbons (Fsp3) is 0.500. The minimum atomic E-state index is -1.34. The highest BCUT2D eigenvalue weighted by atomic mass is 16.5. The maximum absolute atomic E-state index is 11.1. The van der Waals surface area contributed by atoms with Crippen molar-refractivity contribution in [1.29, 1.82) is 0 Å². The normalized spacial score (nSPS) is 32.2. The van der Waals surface area contributed by atoms with Crippen LogP contribution in [0.5, 0.6) is 0 Å². The first-order valence-corrected chi connectivity index (χ1v) is 3.54. The van der Waals surface area contributed by atoms with Gasteiger partial charge < -0.3 is 9.84 Å². The van der Waals surface area contributed by atoms with Crippen LogP contribution < -0.4 is 0 Å². The van der Waals surface area contributed by atoms with Crippen LogP contribution >= 0.6 is 0 Å². The molecule has 1 aliphatic rings. The summed E-state index contributed by atoms with van der Waals surface area (Å²) in [6.45, 7) is 3.45. The number of carbonyl (C=O) groups is 2. The quantitative estimate of drug-likeness (QED) is 0.379. The van der Waals surface area contributed by atoms with Crippen LogP contribution in [0.25, 0.3) is 0 Å². The first-order chi connectivity index (χ1) is 5.59. The van der Waals surface area contributed by atoms with Gasteiger partial charge in [0.1, 0.15) is 0 Å². The second-order valence-electron chi connectivity index (χ2n) is 2.81. The Morgan fingerprint density at radius 2 is 2.33 bits per heavy atom. The maximum Gasteiger partial charge on any atom is 0.323 e. The van der Waals surface area contributed by atoms with Gasteiger partial charge in [-0.3, -0.25) is 9.59 Å². The van der Waals surface area contributed by atoms with Crippen molar-refractivity contribution < 1.29 is 19.4 Å². The van der Waals surface area contributed by atoms with Gasteiger partial charge in [-0.25, -0.2) is 0 Å². The monoisotopic (exact) mass is 170 g/mol. The summed E-state index contributed by atoms with van der Waals surface area (Å²) in [4.78, 5) is 21.8. The molecule has 1 rings (SSSR count). The lowest BCUT2D eigenvalue weighted by Crippen LogP contribution is -2.28. The van der Waals surface area contributed by atoms with E-state index in [1.54, 1.807) is 0 Å². The van der Waals surface area contributed by atoms with Crippen molar-refractivity contribution >= 4 is 11.9 Å². The summed E-state index contributed by atoms with van der Waals surface area (Å²) >= 11 is 0. The van der Waals surface area contributed by atoms with E-state index in [-0.39, 0.29) is 5.92 Å². The molecule has 0 spiro atoms. The minimum absolute atomic E-state index is 0.276. The van der Waals surface area contributed by atoms with Crippen LogP contribution in [0.3, 0.4) is 0 Å². The number of allylic oxidation sites excluding steroid dienone is 1. The van der Waals surface area contributed by atoms with Crippen LogP contribution in [0.15, 0.2) is 12.7 Å². The number of aliphatic carboxylic acids is 1. The van der Waals surface area contributed by atoms with Gasteiger partial charge in [0.05, 0.1) is 7.11 Å². The van der Waals surface area contributed by atoms with Gasteiger partial charge in [0, 0.05) is 5.92 Å². The molecule has 1 fully saturated rings. The molecule has 0 heterocycles. The van der Waals surface area contributed by atoms with Gasteiger partial charge in [-0.05, 0) is 6.42 Å². The van der Waals surface area contributed by atoms with E-state index in [9.17, 15) is 9.59 Å². The van der Waals surface area contributed by atoms with E-state index in [1.165, 1.54) is 13.2 Å². The average Bonchev–Trinajstić information content (AvgIpc) is 2.78. The van der Waals surface area contributed by atoms with Crippen molar-refractivity contribution in [3.05, 3.63) is 12.7 Å². The Balaban J connectivity index is 2.85. The summed E-state index contributed by atoms with van der Waals surface area (Å²) in [5.41, 5.74) is -1.34. The molecule has 1 aliphatic carbocycles. The standard InChI is InChI=1S/C8H10O4/c1-3-5-4-8(5,6(9)10)7(11)12-2/h3,5H,1,4H2,2H3,(H,9,10)/t5-,8?/m0/s1. The number of esters is 1. The van der Waals surface area contributed by atoms with Crippen molar-refractivity contribution in [3.63, 3.8) is 0 Å². The van der Waals surface area contributed by atoms with Gasteiger partial charge in [-0.15, -0.1) is 6.58 Å². The SMILES string of the molecule is C=C[C@H]1CC1(C(=O)O)C(=O)OC. The Labute approximate surface area is 69.8 Å². The average molecular weight is 170 g/mol. The largest absolute Gasteiger partial charge is 0.480 e. The Morgan fingerprint density at radius 1 is 1.75 bits per heavy atom. The number of rotatable bonds is 3. The number of hydrogen-bond acceptors (Lipinski definition) is 3. The van der Waals surface area contributed by atoms with E-state index >= 15 is 0 Å². The summed E-state index contributed by atoms with van der Waals surface area (Å²) < 4.78 is 4.40. The van der Waals surface area contributed by atoms with Gasteiger partial charge in [-0.2, -0.15) is 0 Å². The van der Waals surface area contributed by atoms with Crippen LogP contribution in [0, 0.1) is 11.3 Å². The van der Waals surface area contributed by atoms with Crippen LogP contribution in [0.4, 0.5) is 0 Å². The summed E-state index contributed by atoms with van der Waals surface area (Å²) in [5.74, 6) is -2.08. The molecule has 0 aromatic carbocycles. The Bertz CT molecular complexity index is 245. The van der Waals surface area contributed by atoms with Gasteiger partial charge in [-0.1, -0.05) is 6.08 Å². The predicted molar refractivity (Wildman–Crippen MR) is 40.4 cm³/mol. The molecule has 1 N–H and O–H groups in total. The van der Waals surface area contributed by atoms with Crippen molar-refractivity contribution in [1.82, 2.24) is 0 Å². The van der Waals surface area contributed by atoms with Gasteiger partial charge in [0.2, 0.25) is 0 Å². The number of carboxylic acids is 1. The van der Waals surface area contributed by atoms with Crippen molar-refractivity contribution in [2.75, 3.05) is 7.11 Å². The fourth-order valence-corrected chi connectivity index (χ4v) is 1.32. The number of ether oxygens (including phenoxy) is 1. The molecule has 4 nitrogen and oxygen atoms in total. The molecule has 2 atom stereocenters. The van der Waals surface area contributed by atoms with E-state index < -0.39 is 17.4 Å². The summed E-state index contributed by atoms with van der Waals surface area (Å²) in [5, 5.41) is 8.76. The van der Waals surface area contributed by atoms with E-state index in [0.29, 0.717) is 6.42 Å². The molecule has 1 unspecified atom stereocenters. The Hall–Kier alpha value is -1.32. The highest BCUT2D eigenvalue weighted by molar-refractivity contribution is 6.03. The third-order valence-corrected chi connectivity index (χ3v) is 2.23. The minimum Gasteiger partial charge on any atom is -0.480 e.